The average Bonchev–Trinajstić information content (AvgIpc) is 3.21. The summed E-state index contributed by atoms with van der Waals surface area (Å²) < 4.78 is 0. The first-order valence-corrected chi connectivity index (χ1v) is 9.32. The maximum Gasteiger partial charge on any atom is 0.241 e. The Labute approximate surface area is 174 Å². The molecule has 2 aliphatic rings. The van der Waals surface area contributed by atoms with Gasteiger partial charge in [0.15, 0.2) is 5.96 Å². The van der Waals surface area contributed by atoms with E-state index in [2.05, 4.69) is 29.7 Å². The van der Waals surface area contributed by atoms with Crippen LogP contribution in [0.5, 0.6) is 0 Å². The molecule has 1 aromatic rings. The van der Waals surface area contributed by atoms with Gasteiger partial charge in [0.1, 0.15) is 0 Å². The monoisotopic (exact) mass is 470 g/mol. The molecule has 2 bridgehead atoms. The van der Waals surface area contributed by atoms with E-state index in [4.69, 9.17) is 4.99 Å². The normalized spacial score (nSPS) is 24.1. The van der Waals surface area contributed by atoms with Gasteiger partial charge >= 0.3 is 0 Å². The molecule has 1 amide bonds. The zero-order valence-corrected chi connectivity index (χ0v) is 18.3. The van der Waals surface area contributed by atoms with Crippen molar-refractivity contribution in [1.82, 2.24) is 15.5 Å². The van der Waals surface area contributed by atoms with Crippen molar-refractivity contribution in [2.45, 2.75) is 45.2 Å². The van der Waals surface area contributed by atoms with Crippen molar-refractivity contribution in [1.29, 1.82) is 0 Å². The van der Waals surface area contributed by atoms with Gasteiger partial charge in [0.2, 0.25) is 5.91 Å². The summed E-state index contributed by atoms with van der Waals surface area (Å²) in [5, 5.41) is 6.82. The number of nitrogens with zero attached hydrogens (tertiary/aromatic N) is 2. The minimum atomic E-state index is 0. The van der Waals surface area contributed by atoms with E-state index in [9.17, 15) is 4.79 Å². The zero-order valence-electron chi connectivity index (χ0n) is 16.0. The number of hydrogen-bond donors (Lipinski definition) is 2. The van der Waals surface area contributed by atoms with Crippen LogP contribution < -0.4 is 10.6 Å². The van der Waals surface area contributed by atoms with Crippen LogP contribution in [0.3, 0.4) is 0 Å². The molecular formula is C20H31IN4O. The van der Waals surface area contributed by atoms with Crippen LogP contribution in [0.25, 0.3) is 0 Å². The van der Waals surface area contributed by atoms with Crippen LogP contribution in [-0.2, 0) is 11.3 Å². The summed E-state index contributed by atoms with van der Waals surface area (Å²) in [4.78, 5) is 18.3. The van der Waals surface area contributed by atoms with Crippen LogP contribution in [0.2, 0.25) is 0 Å². The van der Waals surface area contributed by atoms with Crippen LogP contribution >= 0.6 is 24.0 Å². The van der Waals surface area contributed by atoms with Gasteiger partial charge in [-0.1, -0.05) is 30.7 Å². The lowest BCUT2D eigenvalue weighted by Crippen LogP contribution is -2.48. The fraction of sp³-hybridized carbons (Fsp3) is 0.600. The van der Waals surface area contributed by atoms with Crippen molar-refractivity contribution in [2.24, 2.45) is 16.8 Å². The molecule has 0 heterocycles. The molecule has 0 aliphatic heterocycles. The third-order valence-corrected chi connectivity index (χ3v) is 5.63. The number of likely N-dealkylation sites (N-methyl/N-ethyl adjacent to an activating group) is 1. The highest BCUT2D eigenvalue weighted by Crippen LogP contribution is 2.44. The molecule has 0 radical (unpaired) electrons. The number of halogens is 1. The van der Waals surface area contributed by atoms with Crippen LogP contribution in [0.4, 0.5) is 0 Å². The number of rotatable bonds is 5. The number of guanidine groups is 1. The summed E-state index contributed by atoms with van der Waals surface area (Å²) in [7, 11) is 3.55. The third-order valence-electron chi connectivity index (χ3n) is 5.63. The van der Waals surface area contributed by atoms with Gasteiger partial charge in [-0.15, -0.1) is 24.0 Å². The van der Waals surface area contributed by atoms with Crippen molar-refractivity contribution < 1.29 is 4.79 Å². The van der Waals surface area contributed by atoms with Gasteiger partial charge in [0.05, 0.1) is 13.1 Å². The summed E-state index contributed by atoms with van der Waals surface area (Å²) >= 11 is 0. The second-order valence-corrected chi connectivity index (χ2v) is 7.66. The molecule has 0 spiro atoms. The first-order valence-electron chi connectivity index (χ1n) is 9.32. The standard InChI is InChI=1S/C20H30N4O.HI/c1-14-6-4-5-7-17(14)12-21-20(22-13-19(25)24(2)3)23-18-11-15-8-9-16(18)10-15;/h4-7,15-16,18H,8-13H2,1-3H3,(H2,21,22,23);1H. The number of benzene rings is 1. The van der Waals surface area contributed by atoms with E-state index < -0.39 is 0 Å². The summed E-state index contributed by atoms with van der Waals surface area (Å²) in [6.45, 7) is 3.00. The molecular weight excluding hydrogens is 439 g/mol. The van der Waals surface area contributed by atoms with Crippen LogP contribution in [0.1, 0.15) is 36.8 Å². The van der Waals surface area contributed by atoms with Crippen molar-refractivity contribution in [3.05, 3.63) is 35.4 Å². The number of hydrogen-bond acceptors (Lipinski definition) is 2. The minimum absolute atomic E-state index is 0. The van der Waals surface area contributed by atoms with Gasteiger partial charge in [-0.25, -0.2) is 4.99 Å². The number of fused-ring (bicyclic) bond motifs is 2. The Morgan fingerprint density at radius 1 is 1.23 bits per heavy atom. The van der Waals surface area contributed by atoms with E-state index in [0.717, 1.165) is 17.8 Å². The van der Waals surface area contributed by atoms with Gasteiger partial charge in [-0.2, -0.15) is 0 Å². The number of carbonyl (C=O) groups is 1. The van der Waals surface area contributed by atoms with E-state index in [1.54, 1.807) is 19.0 Å². The highest BCUT2D eigenvalue weighted by Gasteiger charge is 2.39. The first-order chi connectivity index (χ1) is 12.0. The predicted octanol–water partition coefficient (Wildman–Crippen LogP) is 2.93. The van der Waals surface area contributed by atoms with Crippen molar-refractivity contribution in [3.8, 4) is 0 Å². The first kappa shape index (κ1) is 21.0. The van der Waals surface area contributed by atoms with E-state index in [-0.39, 0.29) is 36.4 Å². The Morgan fingerprint density at radius 2 is 2.00 bits per heavy atom. The Hall–Kier alpha value is -1.31. The van der Waals surface area contributed by atoms with E-state index in [1.807, 2.05) is 12.1 Å². The Kier molecular flexibility index (Phi) is 7.73. The molecule has 2 aliphatic carbocycles. The fourth-order valence-corrected chi connectivity index (χ4v) is 4.02. The molecule has 0 saturated heterocycles. The molecule has 0 aromatic heterocycles. The number of aliphatic imine (C=N–C) groups is 1. The molecule has 6 heteroatoms. The smallest absolute Gasteiger partial charge is 0.241 e. The number of nitrogens with one attached hydrogen (secondary N) is 2. The van der Waals surface area contributed by atoms with Crippen LogP contribution in [0.15, 0.2) is 29.3 Å². The van der Waals surface area contributed by atoms with Crippen molar-refractivity contribution >= 4 is 35.8 Å². The zero-order chi connectivity index (χ0) is 17.8. The molecule has 3 rings (SSSR count). The van der Waals surface area contributed by atoms with Gasteiger partial charge in [-0.05, 0) is 49.1 Å². The summed E-state index contributed by atoms with van der Waals surface area (Å²) in [6.07, 6.45) is 5.28. The maximum atomic E-state index is 11.9. The van der Waals surface area contributed by atoms with Crippen LogP contribution in [0, 0.1) is 18.8 Å². The molecule has 26 heavy (non-hydrogen) atoms. The fourth-order valence-electron chi connectivity index (χ4n) is 4.02. The molecule has 5 nitrogen and oxygen atoms in total. The van der Waals surface area contributed by atoms with Gasteiger partial charge in [-0.3, -0.25) is 4.79 Å². The average molecular weight is 470 g/mol. The summed E-state index contributed by atoms with van der Waals surface area (Å²) in [5.41, 5.74) is 2.46. The summed E-state index contributed by atoms with van der Waals surface area (Å²) in [5.74, 6) is 2.46. The van der Waals surface area contributed by atoms with E-state index >= 15 is 0 Å². The van der Waals surface area contributed by atoms with Gasteiger partial charge in [0, 0.05) is 20.1 Å². The topological polar surface area (TPSA) is 56.7 Å². The Morgan fingerprint density at radius 3 is 2.62 bits per heavy atom. The number of carbonyl (C=O) groups excluding carboxylic acids is 1. The molecule has 3 unspecified atom stereocenters. The highest BCUT2D eigenvalue weighted by atomic mass is 127. The van der Waals surface area contributed by atoms with Gasteiger partial charge < -0.3 is 15.5 Å². The molecule has 2 N–H and O–H groups in total. The third kappa shape index (κ3) is 5.34. The highest BCUT2D eigenvalue weighted by molar-refractivity contribution is 14.0. The lowest BCUT2D eigenvalue weighted by Gasteiger charge is -2.25. The Balaban J connectivity index is 0.00000243. The molecule has 1 aromatic carbocycles. The van der Waals surface area contributed by atoms with Crippen molar-refractivity contribution in [2.75, 3.05) is 20.6 Å². The summed E-state index contributed by atoms with van der Waals surface area (Å²) in [6, 6.07) is 8.81. The number of aryl methyl sites for hydroxylation is 1. The Bertz CT molecular complexity index is 646. The van der Waals surface area contributed by atoms with E-state index in [0.29, 0.717) is 12.6 Å². The second-order valence-electron chi connectivity index (χ2n) is 7.66. The van der Waals surface area contributed by atoms with Crippen molar-refractivity contribution in [3.63, 3.8) is 0 Å². The molecule has 3 atom stereocenters. The molecule has 2 saturated carbocycles. The quantitative estimate of drug-likeness (QED) is 0.396. The minimum Gasteiger partial charge on any atom is -0.353 e. The molecule has 144 valence electrons. The van der Waals surface area contributed by atoms with Crippen LogP contribution in [-0.4, -0.2) is 43.4 Å². The SMILES string of the molecule is Cc1ccccc1CN=C(NCC(=O)N(C)C)NC1CC2CCC1C2.I. The molecule has 2 fully saturated rings. The lowest BCUT2D eigenvalue weighted by atomic mass is 9.95. The lowest BCUT2D eigenvalue weighted by molar-refractivity contribution is -0.127. The van der Waals surface area contributed by atoms with E-state index in [1.165, 1.54) is 36.8 Å². The predicted molar refractivity (Wildman–Crippen MR) is 117 cm³/mol. The van der Waals surface area contributed by atoms with Gasteiger partial charge in [0.25, 0.3) is 0 Å². The largest absolute Gasteiger partial charge is 0.353 e. The number of amides is 1. The second kappa shape index (κ2) is 9.58. The maximum absolute atomic E-state index is 11.9.